The third kappa shape index (κ3) is 5.25. The van der Waals surface area contributed by atoms with Crippen LogP contribution in [-0.4, -0.2) is 62.3 Å². The summed E-state index contributed by atoms with van der Waals surface area (Å²) in [5.74, 6) is 0.727. The molecule has 0 radical (unpaired) electrons. The summed E-state index contributed by atoms with van der Waals surface area (Å²) in [6.07, 6.45) is 4.24. The van der Waals surface area contributed by atoms with Crippen molar-refractivity contribution in [3.63, 3.8) is 0 Å². The van der Waals surface area contributed by atoms with Crippen LogP contribution in [0.3, 0.4) is 0 Å². The van der Waals surface area contributed by atoms with Crippen LogP contribution in [0.25, 0.3) is 0 Å². The average molecular weight is 256 g/mol. The van der Waals surface area contributed by atoms with E-state index in [1.54, 1.807) is 0 Å². The number of unbranched alkanes of at least 4 members (excludes halogenated alkanes) is 1. The molecule has 3 nitrogen and oxygen atoms in total. The van der Waals surface area contributed by atoms with Gasteiger partial charge < -0.3 is 9.64 Å². The van der Waals surface area contributed by atoms with Gasteiger partial charge in [-0.05, 0) is 26.4 Å². The highest BCUT2D eigenvalue weighted by Gasteiger charge is 2.30. The molecular formula is C15H32N2O. The van der Waals surface area contributed by atoms with Crippen LogP contribution in [0.1, 0.15) is 40.0 Å². The molecule has 18 heavy (non-hydrogen) atoms. The summed E-state index contributed by atoms with van der Waals surface area (Å²) < 4.78 is 6.03. The molecule has 0 bridgehead atoms. The standard InChI is InChI=1S/C15H32N2O/c1-6-7-8-14-15(18-10-9-17(14)5)12-16(4)11-13(2)3/h13-15H,6-12H2,1-5H3/t14-,15?/m1/s1. The lowest BCUT2D eigenvalue weighted by molar-refractivity contribution is -0.0752. The first-order chi connectivity index (χ1) is 8.54. The third-order valence-corrected chi connectivity index (χ3v) is 3.79. The number of rotatable bonds is 7. The lowest BCUT2D eigenvalue weighted by Crippen LogP contribution is -2.53. The lowest BCUT2D eigenvalue weighted by atomic mass is 10.0. The second-order valence-electron chi connectivity index (χ2n) is 6.21. The second-order valence-corrected chi connectivity index (χ2v) is 6.21. The minimum atomic E-state index is 0.388. The van der Waals surface area contributed by atoms with Crippen LogP contribution in [0, 0.1) is 5.92 Å². The predicted octanol–water partition coefficient (Wildman–Crippen LogP) is 2.46. The molecule has 0 aromatic carbocycles. The highest BCUT2D eigenvalue weighted by molar-refractivity contribution is 4.84. The van der Waals surface area contributed by atoms with E-state index in [9.17, 15) is 0 Å². The van der Waals surface area contributed by atoms with Crippen molar-refractivity contribution in [1.29, 1.82) is 0 Å². The van der Waals surface area contributed by atoms with Gasteiger partial charge in [0.05, 0.1) is 12.7 Å². The Kier molecular flexibility index (Phi) is 7.20. The van der Waals surface area contributed by atoms with Crippen LogP contribution in [0.5, 0.6) is 0 Å². The van der Waals surface area contributed by atoms with Gasteiger partial charge in [0.25, 0.3) is 0 Å². The largest absolute Gasteiger partial charge is 0.374 e. The summed E-state index contributed by atoms with van der Waals surface area (Å²) in [5.41, 5.74) is 0. The number of hydrogen-bond acceptors (Lipinski definition) is 3. The number of morpholine rings is 1. The number of likely N-dealkylation sites (N-methyl/N-ethyl adjacent to an activating group) is 2. The summed E-state index contributed by atoms with van der Waals surface area (Å²) in [7, 11) is 4.47. The van der Waals surface area contributed by atoms with Gasteiger partial charge in [-0.1, -0.05) is 33.6 Å². The Morgan fingerprint density at radius 1 is 1.39 bits per heavy atom. The maximum Gasteiger partial charge on any atom is 0.0857 e. The van der Waals surface area contributed by atoms with Crippen molar-refractivity contribution in [3.8, 4) is 0 Å². The SMILES string of the molecule is CCCC[C@@H]1C(CN(C)CC(C)C)OCCN1C. The molecule has 0 N–H and O–H groups in total. The molecule has 0 aromatic heterocycles. The number of hydrogen-bond donors (Lipinski definition) is 0. The Balaban J connectivity index is 2.48. The molecule has 1 rings (SSSR count). The van der Waals surface area contributed by atoms with Gasteiger partial charge in [0.15, 0.2) is 0 Å². The molecule has 1 aliphatic rings. The van der Waals surface area contributed by atoms with Crippen LogP contribution < -0.4 is 0 Å². The van der Waals surface area contributed by atoms with Crippen molar-refractivity contribution in [2.24, 2.45) is 5.92 Å². The summed E-state index contributed by atoms with van der Waals surface area (Å²) in [6, 6.07) is 0.605. The molecule has 0 saturated carbocycles. The number of nitrogens with zero attached hydrogens (tertiary/aromatic N) is 2. The highest BCUT2D eigenvalue weighted by atomic mass is 16.5. The molecule has 1 fully saturated rings. The molecule has 0 aromatic rings. The quantitative estimate of drug-likeness (QED) is 0.696. The molecule has 3 heteroatoms. The second kappa shape index (κ2) is 8.13. The minimum Gasteiger partial charge on any atom is -0.374 e. The van der Waals surface area contributed by atoms with Crippen molar-refractivity contribution in [3.05, 3.63) is 0 Å². The fourth-order valence-electron chi connectivity index (χ4n) is 2.91. The van der Waals surface area contributed by atoms with E-state index in [-0.39, 0.29) is 0 Å². The van der Waals surface area contributed by atoms with Crippen molar-refractivity contribution in [2.45, 2.75) is 52.2 Å². The van der Waals surface area contributed by atoms with E-state index >= 15 is 0 Å². The lowest BCUT2D eigenvalue weighted by Gasteiger charge is -2.41. The predicted molar refractivity (Wildman–Crippen MR) is 78.0 cm³/mol. The molecule has 0 amide bonds. The molecular weight excluding hydrogens is 224 g/mol. The van der Waals surface area contributed by atoms with Gasteiger partial charge in [-0.2, -0.15) is 0 Å². The maximum absolute atomic E-state index is 6.03. The Labute approximate surface area is 113 Å². The van der Waals surface area contributed by atoms with Crippen LogP contribution in [-0.2, 0) is 4.74 Å². The Morgan fingerprint density at radius 2 is 2.11 bits per heavy atom. The minimum absolute atomic E-state index is 0.388. The zero-order chi connectivity index (χ0) is 13.5. The van der Waals surface area contributed by atoms with Crippen molar-refractivity contribution in [2.75, 3.05) is 40.3 Å². The van der Waals surface area contributed by atoms with E-state index in [0.29, 0.717) is 12.1 Å². The van der Waals surface area contributed by atoms with Crippen molar-refractivity contribution >= 4 is 0 Å². The summed E-state index contributed by atoms with van der Waals surface area (Å²) in [4.78, 5) is 4.92. The zero-order valence-corrected chi connectivity index (χ0v) is 13.0. The first-order valence-corrected chi connectivity index (χ1v) is 7.55. The van der Waals surface area contributed by atoms with Gasteiger partial charge in [-0.15, -0.1) is 0 Å². The molecule has 1 saturated heterocycles. The summed E-state index contributed by atoms with van der Waals surface area (Å²) in [5, 5.41) is 0. The molecule has 0 aliphatic carbocycles. The summed E-state index contributed by atoms with van der Waals surface area (Å²) in [6.45, 7) is 11.0. The normalized spacial score (nSPS) is 26.2. The van der Waals surface area contributed by atoms with Crippen LogP contribution in [0.4, 0.5) is 0 Å². The van der Waals surface area contributed by atoms with Gasteiger partial charge in [0.2, 0.25) is 0 Å². The highest BCUT2D eigenvalue weighted by Crippen LogP contribution is 2.19. The Bertz CT molecular complexity index is 221. The van der Waals surface area contributed by atoms with Crippen LogP contribution in [0.15, 0.2) is 0 Å². The first-order valence-electron chi connectivity index (χ1n) is 7.55. The van der Waals surface area contributed by atoms with Crippen molar-refractivity contribution in [1.82, 2.24) is 9.80 Å². The molecule has 2 atom stereocenters. The van der Waals surface area contributed by atoms with Crippen LogP contribution in [0.2, 0.25) is 0 Å². The molecule has 0 spiro atoms. The fourth-order valence-corrected chi connectivity index (χ4v) is 2.91. The van der Waals surface area contributed by atoms with Crippen LogP contribution >= 0.6 is 0 Å². The maximum atomic E-state index is 6.03. The van der Waals surface area contributed by atoms with Gasteiger partial charge >= 0.3 is 0 Å². The molecule has 1 unspecified atom stereocenters. The van der Waals surface area contributed by atoms with E-state index in [2.05, 4.69) is 44.7 Å². The average Bonchev–Trinajstić information content (AvgIpc) is 2.27. The van der Waals surface area contributed by atoms with E-state index in [1.165, 1.54) is 19.3 Å². The Hall–Kier alpha value is -0.120. The third-order valence-electron chi connectivity index (χ3n) is 3.79. The van der Waals surface area contributed by atoms with Gasteiger partial charge in [0, 0.05) is 25.7 Å². The first kappa shape index (κ1) is 15.9. The number of ether oxygens (including phenoxy) is 1. The topological polar surface area (TPSA) is 15.7 Å². The smallest absolute Gasteiger partial charge is 0.0857 e. The van der Waals surface area contributed by atoms with E-state index in [1.807, 2.05) is 0 Å². The zero-order valence-electron chi connectivity index (χ0n) is 13.0. The van der Waals surface area contributed by atoms with E-state index in [0.717, 1.165) is 32.2 Å². The van der Waals surface area contributed by atoms with E-state index in [4.69, 9.17) is 4.74 Å². The van der Waals surface area contributed by atoms with Gasteiger partial charge in [-0.3, -0.25) is 4.90 Å². The monoisotopic (exact) mass is 256 g/mol. The van der Waals surface area contributed by atoms with E-state index < -0.39 is 0 Å². The molecule has 108 valence electrons. The summed E-state index contributed by atoms with van der Waals surface area (Å²) >= 11 is 0. The molecule has 1 heterocycles. The fraction of sp³-hybridized carbons (Fsp3) is 1.00. The van der Waals surface area contributed by atoms with Gasteiger partial charge in [-0.25, -0.2) is 0 Å². The Morgan fingerprint density at radius 3 is 2.72 bits per heavy atom. The van der Waals surface area contributed by atoms with Crippen molar-refractivity contribution < 1.29 is 4.74 Å². The van der Waals surface area contributed by atoms with Gasteiger partial charge in [0.1, 0.15) is 0 Å². The molecule has 1 aliphatic heterocycles.